The Morgan fingerprint density at radius 1 is 1.67 bits per heavy atom. The van der Waals surface area contributed by atoms with Crippen LogP contribution < -0.4 is 5.73 Å². The molecule has 0 aliphatic rings. The van der Waals surface area contributed by atoms with Gasteiger partial charge in [0.15, 0.2) is 0 Å². The molecule has 1 aromatic heterocycles. The first-order valence-electron chi connectivity index (χ1n) is 3.85. The second-order valence-electron chi connectivity index (χ2n) is 3.08. The fraction of sp³-hybridized carbons (Fsp3) is 0.500. The average Bonchev–Trinajstić information content (AvgIpc) is 2.30. The lowest BCUT2D eigenvalue weighted by molar-refractivity contribution is 0.0992. The van der Waals surface area contributed by atoms with E-state index in [1.807, 2.05) is 13.8 Å². The summed E-state index contributed by atoms with van der Waals surface area (Å²) < 4.78 is 1.73. The molecule has 0 spiro atoms. The van der Waals surface area contributed by atoms with Crippen LogP contribution in [0.15, 0.2) is 6.20 Å². The first kappa shape index (κ1) is 8.77. The van der Waals surface area contributed by atoms with E-state index in [1.165, 1.54) is 6.20 Å². The quantitative estimate of drug-likeness (QED) is 0.702. The maximum atomic E-state index is 10.8. The number of hydrogen-bond donors (Lipinski definition) is 1. The monoisotopic (exact) mass is 167 g/mol. The van der Waals surface area contributed by atoms with Crippen molar-refractivity contribution in [2.75, 3.05) is 0 Å². The number of primary amides is 1. The van der Waals surface area contributed by atoms with Crippen molar-refractivity contribution < 1.29 is 4.79 Å². The van der Waals surface area contributed by atoms with E-state index in [0.717, 1.165) is 5.82 Å². The van der Waals surface area contributed by atoms with Crippen molar-refractivity contribution in [1.29, 1.82) is 0 Å². The lowest BCUT2D eigenvalue weighted by atomic mass is 10.2. The summed E-state index contributed by atoms with van der Waals surface area (Å²) in [6, 6.07) is 0. The molecular formula is C8H13N3O. The molecule has 0 radical (unpaired) electrons. The van der Waals surface area contributed by atoms with Crippen molar-refractivity contribution in [3.05, 3.63) is 17.7 Å². The molecule has 0 unspecified atom stereocenters. The van der Waals surface area contributed by atoms with Crippen LogP contribution in [0.25, 0.3) is 0 Å². The first-order valence-corrected chi connectivity index (χ1v) is 3.85. The lowest BCUT2D eigenvalue weighted by Crippen LogP contribution is -2.16. The zero-order valence-electron chi connectivity index (χ0n) is 7.53. The summed E-state index contributed by atoms with van der Waals surface area (Å²) in [6.07, 6.45) is 1.51. The normalized spacial score (nSPS) is 10.7. The van der Waals surface area contributed by atoms with E-state index in [4.69, 9.17) is 5.73 Å². The summed E-state index contributed by atoms with van der Waals surface area (Å²) in [4.78, 5) is 14.9. The van der Waals surface area contributed by atoms with Gasteiger partial charge in [0.1, 0.15) is 11.5 Å². The van der Waals surface area contributed by atoms with Gasteiger partial charge in [-0.2, -0.15) is 0 Å². The maximum absolute atomic E-state index is 10.8. The van der Waals surface area contributed by atoms with Gasteiger partial charge in [-0.1, -0.05) is 13.8 Å². The Morgan fingerprint density at radius 2 is 2.25 bits per heavy atom. The van der Waals surface area contributed by atoms with E-state index in [0.29, 0.717) is 11.6 Å². The fourth-order valence-electron chi connectivity index (χ4n) is 1.19. The molecule has 1 heterocycles. The third kappa shape index (κ3) is 1.32. The topological polar surface area (TPSA) is 60.9 Å². The van der Waals surface area contributed by atoms with Crippen LogP contribution in [0.5, 0.6) is 0 Å². The summed E-state index contributed by atoms with van der Waals surface area (Å²) >= 11 is 0. The van der Waals surface area contributed by atoms with Crippen molar-refractivity contribution in [2.24, 2.45) is 12.8 Å². The van der Waals surface area contributed by atoms with Crippen molar-refractivity contribution in [2.45, 2.75) is 19.8 Å². The minimum atomic E-state index is -0.433. The van der Waals surface area contributed by atoms with Gasteiger partial charge in [0.05, 0.1) is 6.20 Å². The van der Waals surface area contributed by atoms with Crippen LogP contribution in [0.2, 0.25) is 0 Å². The summed E-state index contributed by atoms with van der Waals surface area (Å²) in [7, 11) is 1.79. The van der Waals surface area contributed by atoms with Crippen LogP contribution in [0, 0.1) is 0 Å². The Hall–Kier alpha value is -1.32. The summed E-state index contributed by atoms with van der Waals surface area (Å²) in [5, 5.41) is 0. The molecule has 4 nitrogen and oxygen atoms in total. The summed E-state index contributed by atoms with van der Waals surface area (Å²) in [5.74, 6) is 0.754. The van der Waals surface area contributed by atoms with Crippen molar-refractivity contribution in [3.8, 4) is 0 Å². The van der Waals surface area contributed by atoms with Gasteiger partial charge >= 0.3 is 0 Å². The van der Waals surface area contributed by atoms with Crippen molar-refractivity contribution in [1.82, 2.24) is 9.55 Å². The molecule has 0 saturated carbocycles. The Morgan fingerprint density at radius 3 is 2.50 bits per heavy atom. The highest BCUT2D eigenvalue weighted by atomic mass is 16.1. The molecule has 1 rings (SSSR count). The van der Waals surface area contributed by atoms with Gasteiger partial charge in [0.2, 0.25) is 0 Å². The SMILES string of the molecule is CC(C)c1ncc(C(N)=O)n1C. The van der Waals surface area contributed by atoms with Gasteiger partial charge in [-0.3, -0.25) is 4.79 Å². The van der Waals surface area contributed by atoms with Gasteiger partial charge in [-0.05, 0) is 0 Å². The molecule has 1 amide bonds. The number of carbonyl (C=O) groups is 1. The Bertz CT molecular complexity index is 301. The molecule has 2 N–H and O–H groups in total. The molecule has 0 saturated heterocycles. The number of amides is 1. The van der Waals surface area contributed by atoms with E-state index < -0.39 is 5.91 Å². The summed E-state index contributed by atoms with van der Waals surface area (Å²) in [5.41, 5.74) is 5.59. The molecule has 0 aromatic carbocycles. The Labute approximate surface area is 71.4 Å². The third-order valence-electron chi connectivity index (χ3n) is 1.79. The maximum Gasteiger partial charge on any atom is 0.266 e. The number of imidazole rings is 1. The zero-order chi connectivity index (χ0) is 9.30. The van der Waals surface area contributed by atoms with E-state index in [9.17, 15) is 4.79 Å². The van der Waals surface area contributed by atoms with E-state index in [1.54, 1.807) is 11.6 Å². The molecular weight excluding hydrogens is 154 g/mol. The second-order valence-corrected chi connectivity index (χ2v) is 3.08. The van der Waals surface area contributed by atoms with Crippen LogP contribution in [0.1, 0.15) is 36.1 Å². The van der Waals surface area contributed by atoms with Crippen LogP contribution in [-0.2, 0) is 7.05 Å². The minimum Gasteiger partial charge on any atom is -0.364 e. The van der Waals surface area contributed by atoms with Gasteiger partial charge in [-0.15, -0.1) is 0 Å². The molecule has 4 heteroatoms. The highest BCUT2D eigenvalue weighted by molar-refractivity contribution is 5.90. The van der Waals surface area contributed by atoms with Gasteiger partial charge in [0.25, 0.3) is 5.91 Å². The Kier molecular flexibility index (Phi) is 2.17. The standard InChI is InChI=1S/C8H13N3O/c1-5(2)8-10-4-6(7(9)12)11(8)3/h4-5H,1-3H3,(H2,9,12). The highest BCUT2D eigenvalue weighted by Gasteiger charge is 2.12. The molecule has 1 aromatic rings. The molecule has 0 fully saturated rings. The first-order chi connectivity index (χ1) is 5.54. The van der Waals surface area contributed by atoms with E-state index in [2.05, 4.69) is 4.98 Å². The zero-order valence-corrected chi connectivity index (χ0v) is 7.53. The minimum absolute atomic E-state index is 0.308. The van der Waals surface area contributed by atoms with Gasteiger partial charge < -0.3 is 10.3 Å². The van der Waals surface area contributed by atoms with E-state index >= 15 is 0 Å². The highest BCUT2D eigenvalue weighted by Crippen LogP contribution is 2.12. The summed E-state index contributed by atoms with van der Waals surface area (Å²) in [6.45, 7) is 4.04. The molecule has 0 aliphatic carbocycles. The fourth-order valence-corrected chi connectivity index (χ4v) is 1.19. The lowest BCUT2D eigenvalue weighted by Gasteiger charge is -2.05. The molecule has 12 heavy (non-hydrogen) atoms. The molecule has 0 aliphatic heterocycles. The number of hydrogen-bond acceptors (Lipinski definition) is 2. The van der Waals surface area contributed by atoms with Crippen LogP contribution >= 0.6 is 0 Å². The van der Waals surface area contributed by atoms with Crippen molar-refractivity contribution >= 4 is 5.91 Å². The molecule has 0 bridgehead atoms. The number of carbonyl (C=O) groups excluding carboxylic acids is 1. The van der Waals surface area contributed by atoms with Gasteiger partial charge in [0, 0.05) is 13.0 Å². The van der Waals surface area contributed by atoms with Gasteiger partial charge in [-0.25, -0.2) is 4.98 Å². The number of nitrogens with zero attached hydrogens (tertiary/aromatic N) is 2. The van der Waals surface area contributed by atoms with E-state index in [-0.39, 0.29) is 0 Å². The second kappa shape index (κ2) is 2.97. The predicted octanol–water partition coefficient (Wildman–Crippen LogP) is 0.642. The average molecular weight is 167 g/mol. The van der Waals surface area contributed by atoms with Crippen LogP contribution in [-0.4, -0.2) is 15.5 Å². The number of aromatic nitrogens is 2. The van der Waals surface area contributed by atoms with Crippen LogP contribution in [0.3, 0.4) is 0 Å². The van der Waals surface area contributed by atoms with Crippen LogP contribution in [0.4, 0.5) is 0 Å². The molecule has 66 valence electrons. The van der Waals surface area contributed by atoms with Crippen molar-refractivity contribution in [3.63, 3.8) is 0 Å². The molecule has 0 atom stereocenters. The predicted molar refractivity (Wildman–Crippen MR) is 45.8 cm³/mol. The number of nitrogens with two attached hydrogens (primary N) is 1. The number of rotatable bonds is 2. The third-order valence-corrected chi connectivity index (χ3v) is 1.79. The Balaban J connectivity index is 3.13. The largest absolute Gasteiger partial charge is 0.364 e. The smallest absolute Gasteiger partial charge is 0.266 e.